The summed E-state index contributed by atoms with van der Waals surface area (Å²) in [5.74, 6) is 0.813. The van der Waals surface area contributed by atoms with Gasteiger partial charge in [0.05, 0.1) is 18.8 Å². The van der Waals surface area contributed by atoms with Gasteiger partial charge in [0.1, 0.15) is 6.26 Å². The number of rotatable bonds is 5. The first-order valence-electron chi connectivity index (χ1n) is 6.82. The predicted octanol–water partition coefficient (Wildman–Crippen LogP) is 3.20. The molecular formula is C15H19F2IN4O. The van der Waals surface area contributed by atoms with Crippen LogP contribution >= 0.6 is 24.0 Å². The van der Waals surface area contributed by atoms with E-state index in [1.807, 2.05) is 31.2 Å². The van der Waals surface area contributed by atoms with Crippen molar-refractivity contribution in [2.45, 2.75) is 19.9 Å². The lowest BCUT2D eigenvalue weighted by molar-refractivity contribution is 0.152. The van der Waals surface area contributed by atoms with Crippen molar-refractivity contribution in [3.8, 4) is 11.5 Å². The monoisotopic (exact) mass is 436 g/mol. The number of alkyl halides is 2. The van der Waals surface area contributed by atoms with Crippen LogP contribution < -0.4 is 10.6 Å². The minimum atomic E-state index is -2.43. The van der Waals surface area contributed by atoms with Gasteiger partial charge in [-0.25, -0.2) is 13.8 Å². The van der Waals surface area contributed by atoms with Crippen LogP contribution in [-0.2, 0) is 6.54 Å². The fourth-order valence-electron chi connectivity index (χ4n) is 1.79. The maximum Gasteiger partial charge on any atom is 0.255 e. The fourth-order valence-corrected chi connectivity index (χ4v) is 1.79. The molecule has 0 aliphatic heterocycles. The van der Waals surface area contributed by atoms with Crippen molar-refractivity contribution in [2.24, 2.45) is 4.99 Å². The van der Waals surface area contributed by atoms with E-state index in [9.17, 15) is 8.78 Å². The molecule has 0 aliphatic rings. The first-order chi connectivity index (χ1) is 10.6. The Morgan fingerprint density at radius 2 is 1.96 bits per heavy atom. The largest absolute Gasteiger partial charge is 0.444 e. The molecule has 0 unspecified atom stereocenters. The highest BCUT2D eigenvalue weighted by Crippen LogP contribution is 2.18. The maximum atomic E-state index is 12.1. The second-order valence-electron chi connectivity index (χ2n) is 4.71. The van der Waals surface area contributed by atoms with Crippen LogP contribution in [0.3, 0.4) is 0 Å². The molecule has 2 rings (SSSR count). The number of hydrogen-bond acceptors (Lipinski definition) is 3. The average molecular weight is 436 g/mol. The van der Waals surface area contributed by atoms with Gasteiger partial charge in [-0.3, -0.25) is 4.99 Å². The van der Waals surface area contributed by atoms with E-state index in [0.29, 0.717) is 24.1 Å². The Morgan fingerprint density at radius 3 is 2.57 bits per heavy atom. The molecule has 0 saturated carbocycles. The van der Waals surface area contributed by atoms with Crippen LogP contribution in [0.2, 0.25) is 0 Å². The number of oxazole rings is 1. The highest BCUT2D eigenvalue weighted by Gasteiger charge is 2.08. The minimum Gasteiger partial charge on any atom is -0.444 e. The third kappa shape index (κ3) is 6.12. The van der Waals surface area contributed by atoms with Crippen molar-refractivity contribution >= 4 is 29.9 Å². The molecule has 126 valence electrons. The van der Waals surface area contributed by atoms with E-state index in [4.69, 9.17) is 4.42 Å². The second kappa shape index (κ2) is 9.43. The van der Waals surface area contributed by atoms with Gasteiger partial charge in [-0.15, -0.1) is 24.0 Å². The Hall–Kier alpha value is -1.71. The van der Waals surface area contributed by atoms with Crippen LogP contribution in [-0.4, -0.2) is 31.0 Å². The van der Waals surface area contributed by atoms with Crippen LogP contribution in [0.15, 0.2) is 39.9 Å². The zero-order valence-electron chi connectivity index (χ0n) is 12.8. The molecule has 1 aromatic heterocycles. The van der Waals surface area contributed by atoms with E-state index < -0.39 is 13.0 Å². The molecule has 0 amide bonds. The second-order valence-corrected chi connectivity index (χ2v) is 4.71. The lowest BCUT2D eigenvalue weighted by Crippen LogP contribution is -2.39. The van der Waals surface area contributed by atoms with Crippen molar-refractivity contribution in [1.82, 2.24) is 15.6 Å². The summed E-state index contributed by atoms with van der Waals surface area (Å²) < 4.78 is 29.7. The van der Waals surface area contributed by atoms with Crippen molar-refractivity contribution < 1.29 is 13.2 Å². The van der Waals surface area contributed by atoms with E-state index in [1.54, 1.807) is 0 Å². The molecule has 5 nitrogen and oxygen atoms in total. The Balaban J connectivity index is 0.00000264. The molecule has 2 N–H and O–H groups in total. The first kappa shape index (κ1) is 19.3. The maximum absolute atomic E-state index is 12.1. The number of nitrogens with zero attached hydrogens (tertiary/aromatic N) is 2. The van der Waals surface area contributed by atoms with Gasteiger partial charge in [-0.05, 0) is 19.1 Å². The number of nitrogens with one attached hydrogen (secondary N) is 2. The van der Waals surface area contributed by atoms with E-state index in [0.717, 1.165) is 11.1 Å². The lowest BCUT2D eigenvalue weighted by atomic mass is 10.1. The van der Waals surface area contributed by atoms with Crippen molar-refractivity contribution in [2.75, 3.05) is 13.6 Å². The summed E-state index contributed by atoms with van der Waals surface area (Å²) >= 11 is 0. The number of aliphatic imine (C=N–C) groups is 1. The average Bonchev–Trinajstić information content (AvgIpc) is 2.97. The fraction of sp³-hybridized carbons (Fsp3) is 0.333. The summed E-state index contributed by atoms with van der Waals surface area (Å²) in [6, 6.07) is 7.82. The summed E-state index contributed by atoms with van der Waals surface area (Å²) in [4.78, 5) is 8.20. The molecule has 0 fully saturated rings. The Kier molecular flexibility index (Phi) is 7.93. The number of aromatic nitrogens is 1. The van der Waals surface area contributed by atoms with Crippen molar-refractivity contribution in [1.29, 1.82) is 0 Å². The van der Waals surface area contributed by atoms with Gasteiger partial charge in [-0.1, -0.05) is 17.7 Å². The van der Waals surface area contributed by atoms with Gasteiger partial charge < -0.3 is 15.1 Å². The Bertz CT molecular complexity index is 629. The van der Waals surface area contributed by atoms with Crippen molar-refractivity contribution in [3.63, 3.8) is 0 Å². The van der Waals surface area contributed by atoms with Gasteiger partial charge in [0, 0.05) is 12.6 Å². The zero-order chi connectivity index (χ0) is 15.9. The minimum absolute atomic E-state index is 0. The number of aryl methyl sites for hydroxylation is 1. The molecule has 0 spiro atoms. The van der Waals surface area contributed by atoms with Gasteiger partial charge >= 0.3 is 0 Å². The molecule has 0 atom stereocenters. The predicted molar refractivity (Wildman–Crippen MR) is 96.3 cm³/mol. The molecule has 23 heavy (non-hydrogen) atoms. The van der Waals surface area contributed by atoms with Gasteiger partial charge in [-0.2, -0.15) is 0 Å². The summed E-state index contributed by atoms with van der Waals surface area (Å²) in [7, 11) is 1.52. The molecule has 8 heteroatoms. The number of halogens is 3. The van der Waals surface area contributed by atoms with Crippen LogP contribution in [0.5, 0.6) is 0 Å². The van der Waals surface area contributed by atoms with Crippen LogP contribution in [0.25, 0.3) is 11.5 Å². The molecular weight excluding hydrogens is 417 g/mol. The molecule has 1 aromatic carbocycles. The highest BCUT2D eigenvalue weighted by atomic mass is 127. The summed E-state index contributed by atoms with van der Waals surface area (Å²) in [6.45, 7) is 1.89. The SMILES string of the molecule is CN=C(NCc1coc(-c2ccc(C)cc2)n1)NCC(F)F.I. The summed E-state index contributed by atoms with van der Waals surface area (Å²) in [5, 5.41) is 5.41. The third-order valence-corrected chi connectivity index (χ3v) is 2.93. The van der Waals surface area contributed by atoms with Gasteiger partial charge in [0.15, 0.2) is 5.96 Å². The topological polar surface area (TPSA) is 62.5 Å². The number of hydrogen-bond donors (Lipinski definition) is 2. The first-order valence-corrected chi connectivity index (χ1v) is 6.82. The van der Waals surface area contributed by atoms with E-state index in [2.05, 4.69) is 20.6 Å². The van der Waals surface area contributed by atoms with Crippen LogP contribution in [0.1, 0.15) is 11.3 Å². The molecule has 0 bridgehead atoms. The van der Waals surface area contributed by atoms with Crippen LogP contribution in [0, 0.1) is 6.92 Å². The van der Waals surface area contributed by atoms with E-state index in [-0.39, 0.29) is 24.0 Å². The van der Waals surface area contributed by atoms with Crippen molar-refractivity contribution in [3.05, 3.63) is 41.8 Å². The Morgan fingerprint density at radius 1 is 1.26 bits per heavy atom. The number of benzene rings is 1. The van der Waals surface area contributed by atoms with E-state index in [1.165, 1.54) is 13.3 Å². The lowest BCUT2D eigenvalue weighted by Gasteiger charge is -2.09. The van der Waals surface area contributed by atoms with Gasteiger partial charge in [0.25, 0.3) is 6.43 Å². The molecule has 0 radical (unpaired) electrons. The molecule has 2 aromatic rings. The standard InChI is InChI=1S/C15H18F2N4O.HI/c1-10-3-5-11(6-4-10)14-21-12(9-22-14)7-19-15(18-2)20-8-13(16)17;/h3-6,9,13H,7-8H2,1-2H3,(H2,18,19,20);1H. The summed E-state index contributed by atoms with van der Waals surface area (Å²) in [5.41, 5.74) is 2.71. The number of guanidine groups is 1. The zero-order valence-corrected chi connectivity index (χ0v) is 15.2. The third-order valence-electron chi connectivity index (χ3n) is 2.93. The van der Waals surface area contributed by atoms with Gasteiger partial charge in [0.2, 0.25) is 5.89 Å². The van der Waals surface area contributed by atoms with E-state index >= 15 is 0 Å². The molecule has 0 saturated heterocycles. The smallest absolute Gasteiger partial charge is 0.255 e. The highest BCUT2D eigenvalue weighted by molar-refractivity contribution is 14.0. The van der Waals surface area contributed by atoms with Crippen LogP contribution in [0.4, 0.5) is 8.78 Å². The molecule has 0 aliphatic carbocycles. The Labute approximate surface area is 150 Å². The quantitative estimate of drug-likeness (QED) is 0.430. The normalized spacial score (nSPS) is 11.3. The summed E-state index contributed by atoms with van der Waals surface area (Å²) in [6.07, 6.45) is -0.901. The molecule has 1 heterocycles.